The maximum absolute atomic E-state index is 12.6. The maximum Gasteiger partial charge on any atom is 0.410 e. The fraction of sp³-hybridized carbons (Fsp3) is 0.636. The van der Waals surface area contributed by atoms with Crippen LogP contribution in [0.15, 0.2) is 30.3 Å². The highest BCUT2D eigenvalue weighted by Crippen LogP contribution is 2.35. The molecule has 160 valence electrons. The fourth-order valence-corrected chi connectivity index (χ4v) is 3.97. The molecule has 2 amide bonds. The predicted molar refractivity (Wildman–Crippen MR) is 109 cm³/mol. The number of ether oxygens (including phenoxy) is 3. The number of nitrogens with zero attached hydrogens (tertiary/aromatic N) is 1. The average Bonchev–Trinajstić information content (AvgIpc) is 2.68. The van der Waals surface area contributed by atoms with Crippen molar-refractivity contribution < 1.29 is 23.8 Å². The molecule has 1 saturated heterocycles. The van der Waals surface area contributed by atoms with E-state index in [-0.39, 0.29) is 18.7 Å². The molecule has 7 nitrogen and oxygen atoms in total. The number of morpholine rings is 1. The van der Waals surface area contributed by atoms with E-state index in [0.717, 1.165) is 31.2 Å². The van der Waals surface area contributed by atoms with Crippen molar-refractivity contribution in [3.63, 3.8) is 0 Å². The standard InChI is InChI=1S/C22H32N2O5/c1-21(2,3)29-20(26)24-13-14-28-22(16-24)12-8-7-11-18(22)23-19(25)27-15-17-9-5-4-6-10-17/h4-6,9-10,18H,7-8,11-16H2,1-3H3,(H,23,25)/t18-,22-/m0/s1. The van der Waals surface area contributed by atoms with Crippen molar-refractivity contribution in [2.24, 2.45) is 0 Å². The van der Waals surface area contributed by atoms with Gasteiger partial charge in [0, 0.05) is 6.54 Å². The minimum atomic E-state index is -0.598. The van der Waals surface area contributed by atoms with E-state index in [9.17, 15) is 9.59 Å². The Hall–Kier alpha value is -2.28. The van der Waals surface area contributed by atoms with Crippen LogP contribution in [0, 0.1) is 0 Å². The molecule has 0 aromatic heterocycles. The summed E-state index contributed by atoms with van der Waals surface area (Å²) in [4.78, 5) is 26.7. The first-order valence-electron chi connectivity index (χ1n) is 10.4. The quantitative estimate of drug-likeness (QED) is 0.828. The van der Waals surface area contributed by atoms with Crippen LogP contribution in [0.3, 0.4) is 0 Å². The maximum atomic E-state index is 12.6. The van der Waals surface area contributed by atoms with Crippen LogP contribution in [0.1, 0.15) is 52.0 Å². The van der Waals surface area contributed by atoms with E-state index < -0.39 is 17.3 Å². The van der Waals surface area contributed by atoms with Gasteiger partial charge in [0.15, 0.2) is 0 Å². The molecule has 0 radical (unpaired) electrons. The molecule has 1 heterocycles. The van der Waals surface area contributed by atoms with Gasteiger partial charge in [-0.1, -0.05) is 43.2 Å². The normalized spacial score (nSPS) is 24.8. The first kappa shape index (κ1) is 21.4. The Morgan fingerprint density at radius 1 is 1.24 bits per heavy atom. The number of carbonyl (C=O) groups excluding carboxylic acids is 2. The van der Waals surface area contributed by atoms with Crippen molar-refractivity contribution >= 4 is 12.2 Å². The van der Waals surface area contributed by atoms with Crippen LogP contribution in [-0.2, 0) is 20.8 Å². The second kappa shape index (κ2) is 9.03. The highest BCUT2D eigenvalue weighted by Gasteiger charge is 2.47. The van der Waals surface area contributed by atoms with Crippen LogP contribution in [0.5, 0.6) is 0 Å². The van der Waals surface area contributed by atoms with Crippen LogP contribution in [-0.4, -0.2) is 54.0 Å². The second-order valence-electron chi connectivity index (χ2n) is 8.82. The summed E-state index contributed by atoms with van der Waals surface area (Å²) in [5, 5.41) is 2.99. The van der Waals surface area contributed by atoms with Crippen molar-refractivity contribution in [3.05, 3.63) is 35.9 Å². The molecular weight excluding hydrogens is 372 g/mol. The van der Waals surface area contributed by atoms with Gasteiger partial charge in [0.1, 0.15) is 17.8 Å². The number of nitrogens with one attached hydrogen (secondary N) is 1. The molecule has 1 spiro atoms. The van der Waals surface area contributed by atoms with Gasteiger partial charge >= 0.3 is 12.2 Å². The Bertz CT molecular complexity index is 699. The lowest BCUT2D eigenvalue weighted by Gasteiger charge is -2.49. The molecule has 2 atom stereocenters. The van der Waals surface area contributed by atoms with E-state index in [1.807, 2.05) is 51.1 Å². The lowest BCUT2D eigenvalue weighted by Crippen LogP contribution is -2.65. The van der Waals surface area contributed by atoms with E-state index in [1.165, 1.54) is 0 Å². The van der Waals surface area contributed by atoms with Crippen molar-refractivity contribution in [2.75, 3.05) is 19.7 Å². The first-order valence-corrected chi connectivity index (χ1v) is 10.4. The molecule has 0 bridgehead atoms. The zero-order chi connectivity index (χ0) is 20.9. The molecule has 3 rings (SSSR count). The largest absolute Gasteiger partial charge is 0.445 e. The van der Waals surface area contributed by atoms with Crippen LogP contribution in [0.4, 0.5) is 9.59 Å². The minimum Gasteiger partial charge on any atom is -0.445 e. The summed E-state index contributed by atoms with van der Waals surface area (Å²) in [7, 11) is 0. The fourth-order valence-electron chi connectivity index (χ4n) is 3.97. The first-order chi connectivity index (χ1) is 13.8. The third-order valence-corrected chi connectivity index (χ3v) is 5.34. The van der Waals surface area contributed by atoms with Gasteiger partial charge < -0.3 is 24.4 Å². The lowest BCUT2D eigenvalue weighted by atomic mass is 9.79. The van der Waals surface area contributed by atoms with E-state index in [0.29, 0.717) is 19.7 Å². The van der Waals surface area contributed by atoms with E-state index >= 15 is 0 Å². The van der Waals surface area contributed by atoms with Gasteiger partial charge in [0.05, 0.1) is 19.2 Å². The lowest BCUT2D eigenvalue weighted by molar-refractivity contribution is -0.139. The topological polar surface area (TPSA) is 77.1 Å². The van der Waals surface area contributed by atoms with Gasteiger partial charge in [-0.05, 0) is 39.2 Å². The second-order valence-corrected chi connectivity index (χ2v) is 8.82. The Morgan fingerprint density at radius 3 is 2.72 bits per heavy atom. The van der Waals surface area contributed by atoms with Gasteiger partial charge in [-0.3, -0.25) is 0 Å². The third-order valence-electron chi connectivity index (χ3n) is 5.34. The molecule has 2 aliphatic rings. The van der Waals surface area contributed by atoms with Gasteiger partial charge in [0.25, 0.3) is 0 Å². The number of rotatable bonds is 3. The summed E-state index contributed by atoms with van der Waals surface area (Å²) in [5.74, 6) is 0. The molecule has 0 unspecified atom stereocenters. The molecule has 1 saturated carbocycles. The van der Waals surface area contributed by atoms with Crippen LogP contribution in [0.25, 0.3) is 0 Å². The monoisotopic (exact) mass is 404 g/mol. The molecule has 7 heteroatoms. The summed E-state index contributed by atoms with van der Waals surface area (Å²) >= 11 is 0. The minimum absolute atomic E-state index is 0.204. The zero-order valence-corrected chi connectivity index (χ0v) is 17.6. The number of benzene rings is 1. The number of carbonyl (C=O) groups is 2. The van der Waals surface area contributed by atoms with Crippen LogP contribution in [0.2, 0.25) is 0 Å². The summed E-state index contributed by atoms with van der Waals surface area (Å²) in [6.07, 6.45) is 2.79. The average molecular weight is 405 g/mol. The highest BCUT2D eigenvalue weighted by atomic mass is 16.6. The summed E-state index contributed by atoms with van der Waals surface area (Å²) in [6.45, 7) is 7.11. The SMILES string of the molecule is CC(C)(C)OC(=O)N1CCO[C@@]2(CCCC[C@@H]2NC(=O)OCc2ccccc2)C1. The van der Waals surface area contributed by atoms with Gasteiger partial charge in [0.2, 0.25) is 0 Å². The molecule has 1 aromatic carbocycles. The van der Waals surface area contributed by atoms with E-state index in [2.05, 4.69) is 5.32 Å². The Morgan fingerprint density at radius 2 is 2.00 bits per heavy atom. The van der Waals surface area contributed by atoms with Crippen molar-refractivity contribution in [3.8, 4) is 0 Å². The van der Waals surface area contributed by atoms with Gasteiger partial charge in [-0.25, -0.2) is 9.59 Å². The molecule has 1 aliphatic carbocycles. The Kier molecular flexibility index (Phi) is 6.67. The highest BCUT2D eigenvalue weighted by molar-refractivity contribution is 5.69. The molecule has 1 N–H and O–H groups in total. The molecule has 29 heavy (non-hydrogen) atoms. The summed E-state index contributed by atoms with van der Waals surface area (Å²) in [6, 6.07) is 9.37. The summed E-state index contributed by atoms with van der Waals surface area (Å²) < 4.78 is 17.1. The molecule has 1 aliphatic heterocycles. The smallest absolute Gasteiger partial charge is 0.410 e. The van der Waals surface area contributed by atoms with Gasteiger partial charge in [-0.15, -0.1) is 0 Å². The van der Waals surface area contributed by atoms with E-state index in [4.69, 9.17) is 14.2 Å². The van der Waals surface area contributed by atoms with Crippen molar-refractivity contribution in [1.29, 1.82) is 0 Å². The third kappa shape index (κ3) is 5.85. The van der Waals surface area contributed by atoms with Gasteiger partial charge in [-0.2, -0.15) is 0 Å². The summed E-state index contributed by atoms with van der Waals surface area (Å²) in [5.41, 5.74) is -0.210. The number of amides is 2. The number of hydrogen-bond donors (Lipinski definition) is 1. The Balaban J connectivity index is 1.61. The molecule has 1 aromatic rings. The van der Waals surface area contributed by atoms with Crippen molar-refractivity contribution in [1.82, 2.24) is 10.2 Å². The Labute approximate surface area is 172 Å². The van der Waals surface area contributed by atoms with E-state index in [1.54, 1.807) is 4.90 Å². The predicted octanol–water partition coefficient (Wildman–Crippen LogP) is 3.86. The van der Waals surface area contributed by atoms with Crippen LogP contribution >= 0.6 is 0 Å². The van der Waals surface area contributed by atoms with Crippen molar-refractivity contribution in [2.45, 2.75) is 70.3 Å². The van der Waals surface area contributed by atoms with Crippen LogP contribution < -0.4 is 5.32 Å². The molecule has 2 fully saturated rings. The number of hydrogen-bond acceptors (Lipinski definition) is 5. The zero-order valence-electron chi connectivity index (χ0n) is 17.6. The number of alkyl carbamates (subject to hydrolysis) is 1. The molecular formula is C22H32N2O5.